The first-order valence-corrected chi connectivity index (χ1v) is 4.49. The van der Waals surface area contributed by atoms with Gasteiger partial charge in [0.05, 0.1) is 11.5 Å². The van der Waals surface area contributed by atoms with Crippen LogP contribution in [0.1, 0.15) is 41.5 Å². The Morgan fingerprint density at radius 1 is 1.17 bits per heavy atom. The SMILES string of the molecule is CC(C)OC(=O)C(C)(C)C(C)C. The maximum atomic E-state index is 11.5. The van der Waals surface area contributed by atoms with Gasteiger partial charge in [-0.3, -0.25) is 4.79 Å². The Kier molecular flexibility index (Phi) is 3.75. The predicted molar refractivity (Wildman–Crippen MR) is 49.8 cm³/mol. The first-order chi connectivity index (χ1) is 5.28. The maximum absolute atomic E-state index is 11.5. The Morgan fingerprint density at radius 3 is 1.83 bits per heavy atom. The number of hydrogen-bond acceptors (Lipinski definition) is 2. The Bertz CT molecular complexity index is 157. The summed E-state index contributed by atoms with van der Waals surface area (Å²) in [6, 6.07) is 0. The van der Waals surface area contributed by atoms with Gasteiger partial charge < -0.3 is 4.74 Å². The molecule has 0 unspecified atom stereocenters. The van der Waals surface area contributed by atoms with E-state index in [4.69, 9.17) is 4.74 Å². The van der Waals surface area contributed by atoms with Crippen LogP contribution >= 0.6 is 0 Å². The van der Waals surface area contributed by atoms with Crippen molar-refractivity contribution in [3.8, 4) is 0 Å². The molecule has 12 heavy (non-hydrogen) atoms. The molecular formula is C10H20O2. The fraction of sp³-hybridized carbons (Fsp3) is 0.900. The Morgan fingerprint density at radius 2 is 1.58 bits per heavy atom. The van der Waals surface area contributed by atoms with Gasteiger partial charge in [-0.25, -0.2) is 0 Å². The van der Waals surface area contributed by atoms with Gasteiger partial charge in [0.15, 0.2) is 0 Å². The van der Waals surface area contributed by atoms with E-state index in [1.165, 1.54) is 0 Å². The van der Waals surface area contributed by atoms with Crippen LogP contribution in [0.3, 0.4) is 0 Å². The summed E-state index contributed by atoms with van der Waals surface area (Å²) in [5.74, 6) is 0.205. The molecule has 0 rings (SSSR count). The van der Waals surface area contributed by atoms with Crippen molar-refractivity contribution in [3.05, 3.63) is 0 Å². The second-order valence-corrected chi connectivity index (χ2v) is 4.33. The summed E-state index contributed by atoms with van der Waals surface area (Å²) >= 11 is 0. The van der Waals surface area contributed by atoms with Gasteiger partial charge in [-0.1, -0.05) is 13.8 Å². The largest absolute Gasteiger partial charge is 0.463 e. The quantitative estimate of drug-likeness (QED) is 0.612. The molecule has 0 saturated heterocycles. The number of ether oxygens (including phenoxy) is 1. The van der Waals surface area contributed by atoms with E-state index < -0.39 is 0 Å². The maximum Gasteiger partial charge on any atom is 0.312 e. The van der Waals surface area contributed by atoms with E-state index in [-0.39, 0.29) is 17.5 Å². The Balaban J connectivity index is 4.26. The zero-order valence-corrected chi connectivity index (χ0v) is 8.97. The average Bonchev–Trinajstić information content (AvgIpc) is 1.85. The molecular weight excluding hydrogens is 152 g/mol. The molecule has 0 spiro atoms. The van der Waals surface area contributed by atoms with Crippen LogP contribution in [0.2, 0.25) is 0 Å². The molecule has 0 aromatic heterocycles. The van der Waals surface area contributed by atoms with Crippen LogP contribution in [0.25, 0.3) is 0 Å². The third-order valence-corrected chi connectivity index (χ3v) is 2.31. The van der Waals surface area contributed by atoms with Crippen LogP contribution in [0, 0.1) is 11.3 Å². The topological polar surface area (TPSA) is 26.3 Å². The summed E-state index contributed by atoms with van der Waals surface area (Å²) in [6.07, 6.45) is -0.0180. The average molecular weight is 172 g/mol. The molecule has 0 radical (unpaired) electrons. The fourth-order valence-corrected chi connectivity index (χ4v) is 0.602. The smallest absolute Gasteiger partial charge is 0.312 e. The van der Waals surface area contributed by atoms with Gasteiger partial charge in [0.1, 0.15) is 0 Å². The molecule has 2 nitrogen and oxygen atoms in total. The molecule has 2 heteroatoms. The van der Waals surface area contributed by atoms with Crippen LogP contribution < -0.4 is 0 Å². The summed E-state index contributed by atoms with van der Waals surface area (Å²) in [5.41, 5.74) is -0.371. The third kappa shape index (κ3) is 2.84. The second kappa shape index (κ2) is 3.92. The lowest BCUT2D eigenvalue weighted by Gasteiger charge is -2.27. The highest BCUT2D eigenvalue weighted by molar-refractivity contribution is 5.76. The minimum Gasteiger partial charge on any atom is -0.463 e. The molecule has 0 aliphatic heterocycles. The normalized spacial score (nSPS) is 12.3. The molecule has 0 saturated carbocycles. The molecule has 0 aromatic rings. The lowest BCUT2D eigenvalue weighted by Crippen LogP contribution is -2.33. The van der Waals surface area contributed by atoms with Crippen LogP contribution in [0.5, 0.6) is 0 Å². The van der Waals surface area contributed by atoms with Gasteiger partial charge in [0, 0.05) is 0 Å². The molecule has 0 bridgehead atoms. The minimum absolute atomic E-state index is 0.0180. The number of carbonyl (C=O) groups is 1. The lowest BCUT2D eigenvalue weighted by atomic mass is 9.81. The van der Waals surface area contributed by atoms with Gasteiger partial charge in [-0.15, -0.1) is 0 Å². The standard InChI is InChI=1S/C10H20O2/c1-7(2)10(5,6)9(11)12-8(3)4/h7-8H,1-6H3. The van der Waals surface area contributed by atoms with Crippen molar-refractivity contribution < 1.29 is 9.53 Å². The van der Waals surface area contributed by atoms with Gasteiger partial charge in [-0.2, -0.15) is 0 Å². The molecule has 0 heterocycles. The lowest BCUT2D eigenvalue weighted by molar-refractivity contribution is -0.160. The van der Waals surface area contributed by atoms with E-state index in [0.29, 0.717) is 5.92 Å². The number of carbonyl (C=O) groups excluding carboxylic acids is 1. The van der Waals surface area contributed by atoms with Gasteiger partial charge >= 0.3 is 5.97 Å². The summed E-state index contributed by atoms with van der Waals surface area (Å²) in [7, 11) is 0. The van der Waals surface area contributed by atoms with Crippen LogP contribution in [-0.2, 0) is 9.53 Å². The van der Waals surface area contributed by atoms with Crippen molar-refractivity contribution in [1.82, 2.24) is 0 Å². The third-order valence-electron chi connectivity index (χ3n) is 2.31. The zero-order valence-electron chi connectivity index (χ0n) is 8.97. The molecule has 0 aromatic carbocycles. The van der Waals surface area contributed by atoms with E-state index >= 15 is 0 Å². The molecule has 0 aliphatic rings. The molecule has 0 aliphatic carbocycles. The zero-order chi connectivity index (χ0) is 9.94. The van der Waals surface area contributed by atoms with Crippen molar-refractivity contribution in [2.75, 3.05) is 0 Å². The highest BCUT2D eigenvalue weighted by Gasteiger charge is 2.33. The first kappa shape index (κ1) is 11.5. The second-order valence-electron chi connectivity index (χ2n) is 4.33. The van der Waals surface area contributed by atoms with Crippen molar-refractivity contribution in [1.29, 1.82) is 0 Å². The minimum atomic E-state index is -0.371. The van der Waals surface area contributed by atoms with E-state index in [2.05, 4.69) is 0 Å². The highest BCUT2D eigenvalue weighted by Crippen LogP contribution is 2.27. The van der Waals surface area contributed by atoms with E-state index in [0.717, 1.165) is 0 Å². The van der Waals surface area contributed by atoms with Crippen molar-refractivity contribution in [3.63, 3.8) is 0 Å². The number of esters is 1. The summed E-state index contributed by atoms with van der Waals surface area (Å²) in [5, 5.41) is 0. The Hall–Kier alpha value is -0.530. The molecule has 0 N–H and O–H groups in total. The molecule has 0 amide bonds. The van der Waals surface area contributed by atoms with Gasteiger partial charge in [0.25, 0.3) is 0 Å². The van der Waals surface area contributed by atoms with Crippen LogP contribution in [0.15, 0.2) is 0 Å². The van der Waals surface area contributed by atoms with E-state index in [9.17, 15) is 4.79 Å². The van der Waals surface area contributed by atoms with E-state index in [1.54, 1.807) is 0 Å². The van der Waals surface area contributed by atoms with Gasteiger partial charge in [-0.05, 0) is 33.6 Å². The fourth-order valence-electron chi connectivity index (χ4n) is 0.602. The van der Waals surface area contributed by atoms with Gasteiger partial charge in [0.2, 0.25) is 0 Å². The van der Waals surface area contributed by atoms with Crippen molar-refractivity contribution in [2.45, 2.75) is 47.6 Å². The summed E-state index contributed by atoms with van der Waals surface area (Å²) < 4.78 is 5.14. The predicted octanol–water partition coefficient (Wildman–Crippen LogP) is 2.62. The van der Waals surface area contributed by atoms with Crippen LogP contribution in [0.4, 0.5) is 0 Å². The van der Waals surface area contributed by atoms with Crippen LogP contribution in [-0.4, -0.2) is 12.1 Å². The molecule has 72 valence electrons. The Labute approximate surface area is 75.3 Å². The first-order valence-electron chi connectivity index (χ1n) is 4.49. The number of rotatable bonds is 3. The monoisotopic (exact) mass is 172 g/mol. The van der Waals surface area contributed by atoms with E-state index in [1.807, 2.05) is 41.5 Å². The molecule has 0 atom stereocenters. The number of hydrogen-bond donors (Lipinski definition) is 0. The summed E-state index contributed by atoms with van der Waals surface area (Å²) in [6.45, 7) is 11.6. The summed E-state index contributed by atoms with van der Waals surface area (Å²) in [4.78, 5) is 11.5. The van der Waals surface area contributed by atoms with Crippen molar-refractivity contribution in [2.24, 2.45) is 11.3 Å². The highest BCUT2D eigenvalue weighted by atomic mass is 16.5. The van der Waals surface area contributed by atoms with Crippen molar-refractivity contribution >= 4 is 5.97 Å². The molecule has 0 fully saturated rings.